The second kappa shape index (κ2) is 5.43. The van der Waals surface area contributed by atoms with Crippen molar-refractivity contribution in [2.45, 2.75) is 6.04 Å². The van der Waals surface area contributed by atoms with E-state index in [1.54, 1.807) is 12.1 Å². The molecule has 0 amide bonds. The normalized spacial score (nSPS) is 12.4. The second-order valence-corrected chi connectivity index (χ2v) is 4.66. The molecule has 2 aromatic rings. The molecule has 2 rings (SSSR count). The summed E-state index contributed by atoms with van der Waals surface area (Å²) in [7, 11) is 1.87. The maximum atomic E-state index is 13.5. The molecule has 0 bridgehead atoms. The highest BCUT2D eigenvalue weighted by Crippen LogP contribution is 2.25. The van der Waals surface area contributed by atoms with Crippen LogP contribution in [-0.4, -0.2) is 7.05 Å². The lowest BCUT2D eigenvalue weighted by Gasteiger charge is -2.17. The zero-order valence-corrected chi connectivity index (χ0v) is 11.0. The van der Waals surface area contributed by atoms with Gasteiger partial charge in [-0.15, -0.1) is 0 Å². The molecule has 17 heavy (non-hydrogen) atoms. The molecule has 0 saturated carbocycles. The van der Waals surface area contributed by atoms with Crippen LogP contribution in [0.25, 0.3) is 0 Å². The lowest BCUT2D eigenvalue weighted by molar-refractivity contribution is 0.610. The quantitative estimate of drug-likeness (QED) is 0.905. The highest BCUT2D eigenvalue weighted by Gasteiger charge is 2.12. The molecule has 0 fully saturated rings. The Morgan fingerprint density at radius 1 is 1.06 bits per heavy atom. The van der Waals surface area contributed by atoms with Crippen molar-refractivity contribution in [2.75, 3.05) is 7.05 Å². The van der Waals surface area contributed by atoms with Crippen LogP contribution in [0.4, 0.5) is 4.39 Å². The van der Waals surface area contributed by atoms with Gasteiger partial charge in [0.2, 0.25) is 0 Å². The maximum absolute atomic E-state index is 13.5. The van der Waals surface area contributed by atoms with Gasteiger partial charge in [-0.3, -0.25) is 0 Å². The van der Waals surface area contributed by atoms with Gasteiger partial charge in [0.15, 0.2) is 0 Å². The summed E-state index contributed by atoms with van der Waals surface area (Å²) < 4.78 is 14.0. The van der Waals surface area contributed by atoms with Crippen LogP contribution < -0.4 is 5.32 Å². The largest absolute Gasteiger partial charge is 0.309 e. The number of hydrogen-bond acceptors (Lipinski definition) is 1. The Hall–Kier alpha value is -1.19. The molecule has 2 aromatic carbocycles. The fourth-order valence-electron chi connectivity index (χ4n) is 1.86. The van der Waals surface area contributed by atoms with Crippen molar-refractivity contribution in [3.63, 3.8) is 0 Å². The molecule has 0 aliphatic heterocycles. The standard InChI is InChI=1S/C14H13BrFN/c1-17-14(10-5-3-2-4-6-10)11-7-8-12(15)13(16)9-11/h2-9,14,17H,1H3. The maximum Gasteiger partial charge on any atom is 0.137 e. The van der Waals surface area contributed by atoms with E-state index in [2.05, 4.69) is 21.2 Å². The van der Waals surface area contributed by atoms with E-state index < -0.39 is 0 Å². The molecule has 0 aromatic heterocycles. The lowest BCUT2D eigenvalue weighted by atomic mass is 9.99. The molecular weight excluding hydrogens is 281 g/mol. The summed E-state index contributed by atoms with van der Waals surface area (Å²) in [4.78, 5) is 0. The van der Waals surface area contributed by atoms with E-state index in [4.69, 9.17) is 0 Å². The summed E-state index contributed by atoms with van der Waals surface area (Å²) in [6.45, 7) is 0. The molecule has 1 atom stereocenters. The van der Waals surface area contributed by atoms with Crippen LogP contribution in [0.15, 0.2) is 53.0 Å². The highest BCUT2D eigenvalue weighted by atomic mass is 79.9. The Labute approximate surface area is 109 Å². The first-order valence-corrected chi connectivity index (χ1v) is 6.19. The fourth-order valence-corrected chi connectivity index (χ4v) is 2.11. The number of benzene rings is 2. The fraction of sp³-hybridized carbons (Fsp3) is 0.143. The van der Waals surface area contributed by atoms with Crippen molar-refractivity contribution >= 4 is 15.9 Å². The summed E-state index contributed by atoms with van der Waals surface area (Å²) in [5.74, 6) is -0.237. The van der Waals surface area contributed by atoms with Crippen LogP contribution in [0.1, 0.15) is 17.2 Å². The van der Waals surface area contributed by atoms with Crippen molar-refractivity contribution in [3.8, 4) is 0 Å². The summed E-state index contributed by atoms with van der Waals surface area (Å²) >= 11 is 3.16. The number of nitrogens with one attached hydrogen (secondary N) is 1. The smallest absolute Gasteiger partial charge is 0.137 e. The van der Waals surface area contributed by atoms with Crippen LogP contribution >= 0.6 is 15.9 Å². The van der Waals surface area contributed by atoms with Gasteiger partial charge in [0.1, 0.15) is 5.82 Å². The molecule has 0 saturated heterocycles. The predicted octanol–water partition coefficient (Wildman–Crippen LogP) is 3.90. The summed E-state index contributed by atoms with van der Waals surface area (Å²) in [5, 5.41) is 3.20. The Kier molecular flexibility index (Phi) is 3.92. The first-order chi connectivity index (χ1) is 8.22. The van der Waals surface area contributed by atoms with E-state index in [1.807, 2.05) is 43.4 Å². The van der Waals surface area contributed by atoms with Gasteiger partial charge < -0.3 is 5.32 Å². The third kappa shape index (κ3) is 2.73. The number of hydrogen-bond donors (Lipinski definition) is 1. The van der Waals surface area contributed by atoms with Gasteiger partial charge in [0, 0.05) is 0 Å². The molecule has 3 heteroatoms. The van der Waals surface area contributed by atoms with Crippen LogP contribution in [0.5, 0.6) is 0 Å². The van der Waals surface area contributed by atoms with Gasteiger partial charge in [-0.05, 0) is 46.2 Å². The Bertz CT molecular complexity index is 499. The van der Waals surface area contributed by atoms with Crippen LogP contribution in [-0.2, 0) is 0 Å². The minimum absolute atomic E-state index is 0.0128. The molecule has 1 nitrogen and oxygen atoms in total. The van der Waals surface area contributed by atoms with E-state index in [0.29, 0.717) is 4.47 Å². The van der Waals surface area contributed by atoms with E-state index in [9.17, 15) is 4.39 Å². The van der Waals surface area contributed by atoms with Gasteiger partial charge in [0.25, 0.3) is 0 Å². The average Bonchev–Trinajstić information content (AvgIpc) is 2.36. The summed E-state index contributed by atoms with van der Waals surface area (Å²) in [6, 6.07) is 15.2. The topological polar surface area (TPSA) is 12.0 Å². The van der Waals surface area contributed by atoms with Gasteiger partial charge in [-0.1, -0.05) is 36.4 Å². The van der Waals surface area contributed by atoms with E-state index in [1.165, 1.54) is 0 Å². The minimum Gasteiger partial charge on any atom is -0.309 e. The monoisotopic (exact) mass is 293 g/mol. The second-order valence-electron chi connectivity index (χ2n) is 3.81. The third-order valence-electron chi connectivity index (χ3n) is 2.70. The first-order valence-electron chi connectivity index (χ1n) is 5.39. The molecule has 0 aliphatic carbocycles. The van der Waals surface area contributed by atoms with Crippen molar-refractivity contribution in [1.29, 1.82) is 0 Å². The van der Waals surface area contributed by atoms with E-state index in [0.717, 1.165) is 11.1 Å². The molecule has 0 radical (unpaired) electrons. The van der Waals surface area contributed by atoms with Crippen LogP contribution in [0.3, 0.4) is 0 Å². The van der Waals surface area contributed by atoms with E-state index >= 15 is 0 Å². The molecule has 0 spiro atoms. The van der Waals surface area contributed by atoms with E-state index in [-0.39, 0.29) is 11.9 Å². The number of rotatable bonds is 3. The van der Waals surface area contributed by atoms with Gasteiger partial charge in [-0.25, -0.2) is 4.39 Å². The first kappa shape index (κ1) is 12.3. The molecule has 1 unspecified atom stereocenters. The van der Waals surface area contributed by atoms with Crippen molar-refractivity contribution < 1.29 is 4.39 Å². The zero-order valence-electron chi connectivity index (χ0n) is 9.45. The van der Waals surface area contributed by atoms with Gasteiger partial charge in [0.05, 0.1) is 10.5 Å². The predicted molar refractivity (Wildman–Crippen MR) is 71.4 cm³/mol. The Balaban J connectivity index is 2.39. The van der Waals surface area contributed by atoms with Crippen LogP contribution in [0.2, 0.25) is 0 Å². The summed E-state index contributed by atoms with van der Waals surface area (Å²) in [6.07, 6.45) is 0. The molecule has 88 valence electrons. The van der Waals surface area contributed by atoms with Crippen molar-refractivity contribution in [2.24, 2.45) is 0 Å². The molecule has 0 aliphatic rings. The minimum atomic E-state index is -0.237. The lowest BCUT2D eigenvalue weighted by Crippen LogP contribution is -2.17. The summed E-state index contributed by atoms with van der Waals surface area (Å²) in [5.41, 5.74) is 2.04. The van der Waals surface area contributed by atoms with Gasteiger partial charge in [-0.2, -0.15) is 0 Å². The highest BCUT2D eigenvalue weighted by molar-refractivity contribution is 9.10. The van der Waals surface area contributed by atoms with Crippen molar-refractivity contribution in [3.05, 3.63) is 69.9 Å². The SMILES string of the molecule is CNC(c1ccccc1)c1ccc(Br)c(F)c1. The third-order valence-corrected chi connectivity index (χ3v) is 3.34. The van der Waals surface area contributed by atoms with Crippen molar-refractivity contribution in [1.82, 2.24) is 5.32 Å². The number of halogens is 2. The molecular formula is C14H13BrFN. The Morgan fingerprint density at radius 3 is 2.35 bits per heavy atom. The Morgan fingerprint density at radius 2 is 1.76 bits per heavy atom. The molecule has 0 heterocycles. The van der Waals surface area contributed by atoms with Crippen LogP contribution in [0, 0.1) is 5.82 Å². The molecule has 1 N–H and O–H groups in total. The average molecular weight is 294 g/mol. The zero-order chi connectivity index (χ0) is 12.3. The van der Waals surface area contributed by atoms with Gasteiger partial charge >= 0.3 is 0 Å².